The molecule has 0 saturated carbocycles. The summed E-state index contributed by atoms with van der Waals surface area (Å²) in [4.78, 5) is 31.8. The number of thioether (sulfide) groups is 1. The number of carbonyl (C=O) groups is 2. The molecule has 28 heavy (non-hydrogen) atoms. The number of benzene rings is 1. The summed E-state index contributed by atoms with van der Waals surface area (Å²) in [5.41, 5.74) is 1.89. The summed E-state index contributed by atoms with van der Waals surface area (Å²) in [6, 6.07) is 8.63. The third-order valence-corrected chi connectivity index (χ3v) is 4.39. The van der Waals surface area contributed by atoms with E-state index in [-0.39, 0.29) is 17.6 Å². The lowest BCUT2D eigenvalue weighted by Gasteiger charge is -2.12. The SMILES string of the molecule is COc1ccc(NC(C)=O)cc1NC(=O)CSc1n[nH]c(-c2ccncc2)n1. The third kappa shape index (κ3) is 5.07. The summed E-state index contributed by atoms with van der Waals surface area (Å²) < 4.78 is 5.25. The van der Waals surface area contributed by atoms with E-state index in [1.807, 2.05) is 12.1 Å². The molecule has 0 aliphatic carbocycles. The molecule has 3 aromatic rings. The Morgan fingerprint density at radius 3 is 2.68 bits per heavy atom. The average Bonchev–Trinajstić information content (AvgIpc) is 3.16. The number of amides is 2. The van der Waals surface area contributed by atoms with Crippen molar-refractivity contribution in [2.75, 3.05) is 23.5 Å². The summed E-state index contributed by atoms with van der Waals surface area (Å²) in [5.74, 6) is 0.757. The number of hydrogen-bond donors (Lipinski definition) is 3. The molecule has 0 fully saturated rings. The minimum Gasteiger partial charge on any atom is -0.495 e. The topological polar surface area (TPSA) is 122 Å². The number of aromatic nitrogens is 4. The molecule has 10 heteroatoms. The predicted molar refractivity (Wildman–Crippen MR) is 106 cm³/mol. The lowest BCUT2D eigenvalue weighted by molar-refractivity contribution is -0.114. The molecule has 3 N–H and O–H groups in total. The van der Waals surface area contributed by atoms with Gasteiger partial charge in [-0.3, -0.25) is 19.7 Å². The van der Waals surface area contributed by atoms with Crippen LogP contribution in [0.2, 0.25) is 0 Å². The fourth-order valence-corrected chi connectivity index (χ4v) is 2.95. The van der Waals surface area contributed by atoms with Crippen molar-refractivity contribution in [3.05, 3.63) is 42.7 Å². The van der Waals surface area contributed by atoms with E-state index in [0.29, 0.717) is 28.1 Å². The number of carbonyl (C=O) groups excluding carboxylic acids is 2. The second-order valence-electron chi connectivity index (χ2n) is 5.64. The van der Waals surface area contributed by atoms with Crippen molar-refractivity contribution in [3.8, 4) is 17.1 Å². The van der Waals surface area contributed by atoms with Gasteiger partial charge in [-0.05, 0) is 30.3 Å². The maximum atomic E-state index is 12.3. The molecule has 2 aromatic heterocycles. The van der Waals surface area contributed by atoms with E-state index in [0.717, 1.165) is 5.56 Å². The van der Waals surface area contributed by atoms with Crippen LogP contribution < -0.4 is 15.4 Å². The van der Waals surface area contributed by atoms with Gasteiger partial charge in [0, 0.05) is 30.6 Å². The Hall–Kier alpha value is -3.40. The van der Waals surface area contributed by atoms with Gasteiger partial charge in [-0.15, -0.1) is 5.10 Å². The van der Waals surface area contributed by atoms with E-state index in [1.54, 1.807) is 30.6 Å². The van der Waals surface area contributed by atoms with Crippen LogP contribution in [0.5, 0.6) is 5.75 Å². The molecule has 0 bridgehead atoms. The van der Waals surface area contributed by atoms with Crippen LogP contribution in [0.15, 0.2) is 47.9 Å². The van der Waals surface area contributed by atoms with Gasteiger partial charge in [0.1, 0.15) is 5.75 Å². The Labute approximate surface area is 165 Å². The Morgan fingerprint density at radius 2 is 1.96 bits per heavy atom. The molecule has 144 valence electrons. The number of nitrogens with zero attached hydrogens (tertiary/aromatic N) is 3. The second kappa shape index (κ2) is 9.00. The highest BCUT2D eigenvalue weighted by atomic mass is 32.2. The molecule has 9 nitrogen and oxygen atoms in total. The van der Waals surface area contributed by atoms with Crippen LogP contribution >= 0.6 is 11.8 Å². The number of rotatable bonds is 7. The van der Waals surface area contributed by atoms with Crippen molar-refractivity contribution in [1.29, 1.82) is 0 Å². The molecule has 0 saturated heterocycles. The maximum absolute atomic E-state index is 12.3. The minimum atomic E-state index is -0.251. The smallest absolute Gasteiger partial charge is 0.234 e. The predicted octanol–water partition coefficient (Wildman–Crippen LogP) is 2.56. The first-order valence-corrected chi connectivity index (χ1v) is 9.25. The third-order valence-electron chi connectivity index (χ3n) is 3.54. The van der Waals surface area contributed by atoms with Crippen LogP contribution in [-0.4, -0.2) is 44.8 Å². The van der Waals surface area contributed by atoms with Gasteiger partial charge < -0.3 is 15.4 Å². The fourth-order valence-electron chi connectivity index (χ4n) is 2.35. The highest BCUT2D eigenvalue weighted by Gasteiger charge is 2.12. The van der Waals surface area contributed by atoms with Crippen LogP contribution in [0, 0.1) is 0 Å². The fraction of sp³-hybridized carbons (Fsp3) is 0.167. The van der Waals surface area contributed by atoms with E-state index in [4.69, 9.17) is 4.74 Å². The van der Waals surface area contributed by atoms with Crippen LogP contribution in [-0.2, 0) is 9.59 Å². The highest BCUT2D eigenvalue weighted by molar-refractivity contribution is 7.99. The number of pyridine rings is 1. The van der Waals surface area contributed by atoms with Gasteiger partial charge >= 0.3 is 0 Å². The molecule has 0 atom stereocenters. The summed E-state index contributed by atoms with van der Waals surface area (Å²) in [7, 11) is 1.51. The zero-order valence-electron chi connectivity index (χ0n) is 15.2. The quantitative estimate of drug-likeness (QED) is 0.523. The number of ether oxygens (including phenoxy) is 1. The van der Waals surface area contributed by atoms with Crippen molar-refractivity contribution in [2.24, 2.45) is 0 Å². The Bertz CT molecular complexity index is 976. The lowest BCUT2D eigenvalue weighted by Crippen LogP contribution is -2.15. The molecule has 3 rings (SSSR count). The highest BCUT2D eigenvalue weighted by Crippen LogP contribution is 2.28. The Balaban J connectivity index is 1.61. The second-order valence-corrected chi connectivity index (χ2v) is 6.58. The van der Waals surface area contributed by atoms with Gasteiger partial charge in [0.2, 0.25) is 17.0 Å². The summed E-state index contributed by atoms with van der Waals surface area (Å²) in [6.45, 7) is 1.41. The van der Waals surface area contributed by atoms with E-state index < -0.39 is 0 Å². The molecule has 1 aromatic carbocycles. The van der Waals surface area contributed by atoms with Gasteiger partial charge in [-0.1, -0.05) is 11.8 Å². The zero-order chi connectivity index (χ0) is 19.9. The molecule has 0 unspecified atom stereocenters. The van der Waals surface area contributed by atoms with Gasteiger partial charge in [0.15, 0.2) is 5.82 Å². The normalized spacial score (nSPS) is 10.4. The first kappa shape index (κ1) is 19.4. The molecular weight excluding hydrogens is 380 g/mol. The molecule has 0 spiro atoms. The number of methoxy groups -OCH3 is 1. The molecular formula is C18H18N6O3S. The van der Waals surface area contributed by atoms with E-state index in [1.165, 1.54) is 25.8 Å². The first-order chi connectivity index (χ1) is 13.5. The minimum absolute atomic E-state index is 0.112. The number of H-pyrrole nitrogens is 1. The van der Waals surface area contributed by atoms with Crippen molar-refractivity contribution in [3.63, 3.8) is 0 Å². The van der Waals surface area contributed by atoms with Gasteiger partial charge in [0.25, 0.3) is 0 Å². The zero-order valence-corrected chi connectivity index (χ0v) is 16.0. The Morgan fingerprint density at radius 1 is 1.18 bits per heavy atom. The van der Waals surface area contributed by atoms with Crippen molar-refractivity contribution in [2.45, 2.75) is 12.1 Å². The average molecular weight is 398 g/mol. The number of nitrogens with one attached hydrogen (secondary N) is 3. The maximum Gasteiger partial charge on any atom is 0.234 e. The summed E-state index contributed by atoms with van der Waals surface area (Å²) in [6.07, 6.45) is 3.33. The van der Waals surface area contributed by atoms with E-state index in [2.05, 4.69) is 30.8 Å². The summed E-state index contributed by atoms with van der Waals surface area (Å²) in [5, 5.41) is 12.8. The van der Waals surface area contributed by atoms with Gasteiger partial charge in [-0.25, -0.2) is 4.98 Å². The van der Waals surface area contributed by atoms with Crippen LogP contribution in [0.25, 0.3) is 11.4 Å². The van der Waals surface area contributed by atoms with Crippen molar-refractivity contribution >= 4 is 35.0 Å². The standard InChI is InChI=1S/C18H18N6O3S/c1-11(25)20-13-3-4-15(27-2)14(9-13)21-16(26)10-28-18-22-17(23-24-18)12-5-7-19-8-6-12/h3-9H,10H2,1-2H3,(H,20,25)(H,21,26)(H,22,23,24). The Kier molecular flexibility index (Phi) is 6.22. The van der Waals surface area contributed by atoms with Crippen molar-refractivity contribution in [1.82, 2.24) is 20.2 Å². The largest absolute Gasteiger partial charge is 0.495 e. The molecule has 0 aliphatic rings. The lowest BCUT2D eigenvalue weighted by atomic mass is 10.2. The number of aromatic amines is 1. The summed E-state index contributed by atoms with van der Waals surface area (Å²) >= 11 is 1.20. The van der Waals surface area contributed by atoms with Crippen LogP contribution in [0.3, 0.4) is 0 Å². The van der Waals surface area contributed by atoms with Crippen molar-refractivity contribution < 1.29 is 14.3 Å². The van der Waals surface area contributed by atoms with E-state index in [9.17, 15) is 9.59 Å². The van der Waals surface area contributed by atoms with E-state index >= 15 is 0 Å². The van der Waals surface area contributed by atoms with Crippen LogP contribution in [0.1, 0.15) is 6.92 Å². The monoisotopic (exact) mass is 398 g/mol. The van der Waals surface area contributed by atoms with Gasteiger partial charge in [-0.2, -0.15) is 0 Å². The van der Waals surface area contributed by atoms with Gasteiger partial charge in [0.05, 0.1) is 18.6 Å². The first-order valence-electron chi connectivity index (χ1n) is 8.26. The molecule has 0 radical (unpaired) electrons. The number of hydrogen-bond acceptors (Lipinski definition) is 7. The number of anilines is 2. The molecule has 2 amide bonds. The molecule has 0 aliphatic heterocycles. The van der Waals surface area contributed by atoms with Crippen LogP contribution in [0.4, 0.5) is 11.4 Å². The molecule has 2 heterocycles.